The van der Waals surface area contributed by atoms with Crippen LogP contribution in [0.25, 0.3) is 0 Å². The molecule has 118 valence electrons. The summed E-state index contributed by atoms with van der Waals surface area (Å²) in [5, 5.41) is 3.47. The Morgan fingerprint density at radius 2 is 1.61 bits per heavy atom. The quantitative estimate of drug-likeness (QED) is 0.943. The molecule has 2 heterocycles. The molecule has 1 atom stereocenters. The van der Waals surface area contributed by atoms with Gasteiger partial charge in [-0.2, -0.15) is 0 Å². The van der Waals surface area contributed by atoms with Gasteiger partial charge in [0.2, 0.25) is 0 Å². The first-order chi connectivity index (χ1) is 11.4. The molecule has 2 aromatic carbocycles. The number of ether oxygens (including phenoxy) is 1. The first-order valence-electron chi connectivity index (χ1n) is 8.30. The van der Waals surface area contributed by atoms with E-state index < -0.39 is 0 Å². The summed E-state index contributed by atoms with van der Waals surface area (Å²) in [4.78, 5) is 2.53. The van der Waals surface area contributed by atoms with Crippen LogP contribution < -0.4 is 5.32 Å². The van der Waals surface area contributed by atoms with Gasteiger partial charge >= 0.3 is 0 Å². The van der Waals surface area contributed by atoms with E-state index >= 15 is 0 Å². The summed E-state index contributed by atoms with van der Waals surface area (Å²) >= 11 is 0. The molecule has 0 unspecified atom stereocenters. The van der Waals surface area contributed by atoms with Crippen molar-refractivity contribution in [2.24, 2.45) is 0 Å². The molecular weight excluding hydrogens is 284 g/mol. The van der Waals surface area contributed by atoms with Crippen LogP contribution in [0.3, 0.4) is 0 Å². The van der Waals surface area contributed by atoms with E-state index in [1.54, 1.807) is 0 Å². The number of benzene rings is 2. The van der Waals surface area contributed by atoms with Crippen LogP contribution in [0.15, 0.2) is 72.6 Å². The van der Waals surface area contributed by atoms with Crippen molar-refractivity contribution in [1.82, 2.24) is 10.2 Å². The Balaban J connectivity index is 1.75. The van der Waals surface area contributed by atoms with Gasteiger partial charge in [-0.3, -0.25) is 0 Å². The van der Waals surface area contributed by atoms with E-state index in [1.165, 1.54) is 16.8 Å². The Labute approximate surface area is 137 Å². The Morgan fingerprint density at radius 1 is 0.957 bits per heavy atom. The maximum atomic E-state index is 5.63. The fraction of sp³-hybridized carbons (Fsp3) is 0.300. The third-order valence-electron chi connectivity index (χ3n) is 4.79. The molecule has 2 aliphatic heterocycles. The average molecular weight is 306 g/mol. The van der Waals surface area contributed by atoms with E-state index in [-0.39, 0.29) is 0 Å². The smallest absolute Gasteiger partial charge is 0.0880 e. The molecule has 0 saturated carbocycles. The van der Waals surface area contributed by atoms with Gasteiger partial charge in [0.25, 0.3) is 0 Å². The average Bonchev–Trinajstić information content (AvgIpc) is 2.64. The molecule has 0 radical (unpaired) electrons. The molecule has 4 rings (SSSR count). The minimum atomic E-state index is 0.353. The normalized spacial score (nSPS) is 20.7. The molecule has 0 amide bonds. The first-order valence-corrected chi connectivity index (χ1v) is 8.30. The van der Waals surface area contributed by atoms with Crippen molar-refractivity contribution in [3.05, 3.63) is 83.7 Å². The van der Waals surface area contributed by atoms with Crippen LogP contribution in [-0.4, -0.2) is 37.2 Å². The van der Waals surface area contributed by atoms with E-state index in [0.717, 1.165) is 19.7 Å². The van der Waals surface area contributed by atoms with Gasteiger partial charge in [0.1, 0.15) is 0 Å². The molecule has 2 aromatic rings. The van der Waals surface area contributed by atoms with Crippen LogP contribution in [0.4, 0.5) is 0 Å². The number of nitrogens with zero attached hydrogens (tertiary/aromatic N) is 1. The van der Waals surface area contributed by atoms with Crippen LogP contribution in [0.2, 0.25) is 0 Å². The van der Waals surface area contributed by atoms with Gasteiger partial charge in [0.15, 0.2) is 0 Å². The summed E-state index contributed by atoms with van der Waals surface area (Å²) in [6.07, 6.45) is 2.11. The Bertz CT molecular complexity index is 629. The van der Waals surface area contributed by atoms with Crippen molar-refractivity contribution < 1.29 is 4.74 Å². The zero-order chi connectivity index (χ0) is 15.5. The maximum absolute atomic E-state index is 5.63. The molecular formula is C20H22N2O. The predicted octanol–water partition coefficient (Wildman–Crippen LogP) is 2.96. The maximum Gasteiger partial charge on any atom is 0.0880 e. The molecule has 1 N–H and O–H groups in total. The van der Waals surface area contributed by atoms with E-state index in [2.05, 4.69) is 77.1 Å². The van der Waals surface area contributed by atoms with Crippen LogP contribution in [0, 0.1) is 0 Å². The van der Waals surface area contributed by atoms with Crippen LogP contribution in [0.1, 0.15) is 17.0 Å². The highest BCUT2D eigenvalue weighted by Crippen LogP contribution is 2.34. The van der Waals surface area contributed by atoms with Gasteiger partial charge in [0, 0.05) is 25.2 Å². The van der Waals surface area contributed by atoms with E-state index in [4.69, 9.17) is 4.74 Å². The number of hydrogen-bond acceptors (Lipinski definition) is 3. The molecule has 0 spiro atoms. The molecule has 3 heteroatoms. The summed E-state index contributed by atoms with van der Waals surface area (Å²) < 4.78 is 5.63. The topological polar surface area (TPSA) is 24.5 Å². The number of nitrogens with one attached hydrogen (secondary N) is 1. The molecule has 3 nitrogen and oxygen atoms in total. The summed E-state index contributed by atoms with van der Waals surface area (Å²) in [5.41, 5.74) is 4.01. The lowest BCUT2D eigenvalue weighted by molar-refractivity contribution is 0.0443. The van der Waals surface area contributed by atoms with Gasteiger partial charge in [0.05, 0.1) is 25.0 Å². The Morgan fingerprint density at radius 3 is 2.26 bits per heavy atom. The highest BCUT2D eigenvalue weighted by atomic mass is 16.5. The second-order valence-corrected chi connectivity index (χ2v) is 6.16. The largest absolute Gasteiger partial charge is 0.387 e. The number of morpholine rings is 1. The van der Waals surface area contributed by atoms with Crippen molar-refractivity contribution in [3.8, 4) is 0 Å². The fourth-order valence-electron chi connectivity index (χ4n) is 3.73. The summed E-state index contributed by atoms with van der Waals surface area (Å²) in [6, 6.07) is 22.1. The summed E-state index contributed by atoms with van der Waals surface area (Å²) in [6.45, 7) is 3.44. The first kappa shape index (κ1) is 14.3. The number of hydrogen-bond donors (Lipinski definition) is 1. The molecule has 1 fully saturated rings. The van der Waals surface area contributed by atoms with Crippen molar-refractivity contribution >= 4 is 0 Å². The summed E-state index contributed by atoms with van der Waals surface area (Å²) in [5.74, 6) is 0.353. The Kier molecular flexibility index (Phi) is 4.03. The molecule has 2 aliphatic rings. The monoisotopic (exact) mass is 306 g/mol. The summed E-state index contributed by atoms with van der Waals surface area (Å²) in [7, 11) is 0. The van der Waals surface area contributed by atoms with Crippen molar-refractivity contribution in [2.75, 3.05) is 26.3 Å². The van der Waals surface area contributed by atoms with E-state index in [1.807, 2.05) is 0 Å². The van der Waals surface area contributed by atoms with Gasteiger partial charge < -0.3 is 15.0 Å². The molecule has 0 bridgehead atoms. The standard InChI is InChI=1S/C20H22N2O/c1-3-7-16(8-4-1)20(17-9-5-2-6-10-17)19-14-21-13-18-15-23-12-11-22(18)19/h1-10,13,19-21H,11-12,14-15H2/t19-/m0/s1. The number of rotatable bonds is 3. The third kappa shape index (κ3) is 2.84. The van der Waals surface area contributed by atoms with E-state index in [9.17, 15) is 0 Å². The fourth-order valence-corrected chi connectivity index (χ4v) is 3.73. The number of fused-ring (bicyclic) bond motifs is 1. The van der Waals surface area contributed by atoms with Crippen LogP contribution >= 0.6 is 0 Å². The Hall–Kier alpha value is -2.26. The molecule has 0 aliphatic carbocycles. The van der Waals surface area contributed by atoms with Crippen molar-refractivity contribution in [1.29, 1.82) is 0 Å². The second kappa shape index (κ2) is 6.47. The van der Waals surface area contributed by atoms with Crippen molar-refractivity contribution in [3.63, 3.8) is 0 Å². The second-order valence-electron chi connectivity index (χ2n) is 6.16. The predicted molar refractivity (Wildman–Crippen MR) is 92.1 cm³/mol. The van der Waals surface area contributed by atoms with Gasteiger partial charge in [-0.1, -0.05) is 60.7 Å². The van der Waals surface area contributed by atoms with Crippen LogP contribution in [0.5, 0.6) is 0 Å². The third-order valence-corrected chi connectivity index (χ3v) is 4.79. The zero-order valence-electron chi connectivity index (χ0n) is 13.2. The van der Waals surface area contributed by atoms with E-state index in [0.29, 0.717) is 18.6 Å². The minimum absolute atomic E-state index is 0.353. The highest BCUT2D eigenvalue weighted by molar-refractivity contribution is 5.35. The lowest BCUT2D eigenvalue weighted by Crippen LogP contribution is -2.52. The van der Waals surface area contributed by atoms with Crippen molar-refractivity contribution in [2.45, 2.75) is 12.0 Å². The lowest BCUT2D eigenvalue weighted by Gasteiger charge is -2.45. The molecule has 0 aromatic heterocycles. The molecule has 23 heavy (non-hydrogen) atoms. The molecule has 1 saturated heterocycles. The van der Waals surface area contributed by atoms with Gasteiger partial charge in [-0.15, -0.1) is 0 Å². The highest BCUT2D eigenvalue weighted by Gasteiger charge is 2.34. The SMILES string of the molecule is C1=C2COCCN2[C@H](C(c2ccccc2)c2ccccc2)CN1. The minimum Gasteiger partial charge on any atom is -0.387 e. The van der Waals surface area contributed by atoms with Gasteiger partial charge in [-0.25, -0.2) is 0 Å². The van der Waals surface area contributed by atoms with Crippen LogP contribution in [-0.2, 0) is 4.74 Å². The van der Waals surface area contributed by atoms with Gasteiger partial charge in [-0.05, 0) is 11.1 Å². The zero-order valence-corrected chi connectivity index (χ0v) is 13.2. The lowest BCUT2D eigenvalue weighted by atomic mass is 9.83.